The molecule has 1 atom stereocenters. The molecule has 1 heterocycles. The zero-order chi connectivity index (χ0) is 24.1. The number of hydrogen-bond donors (Lipinski definition) is 1. The number of anilines is 2. The van der Waals surface area contributed by atoms with Crippen LogP contribution in [-0.2, 0) is 19.6 Å². The van der Waals surface area contributed by atoms with Gasteiger partial charge in [0.05, 0.1) is 24.1 Å². The molecule has 1 saturated heterocycles. The Morgan fingerprint density at radius 1 is 0.941 bits per heavy atom. The van der Waals surface area contributed by atoms with Gasteiger partial charge in [-0.3, -0.25) is 9.10 Å². The van der Waals surface area contributed by atoms with Gasteiger partial charge in [0, 0.05) is 17.8 Å². The second-order valence-corrected chi connectivity index (χ2v) is 9.72. The molecule has 0 aliphatic carbocycles. The molecule has 0 spiro atoms. The number of carbonyl (C=O) groups excluding carboxylic acids is 2. The van der Waals surface area contributed by atoms with Crippen molar-refractivity contribution in [2.75, 3.05) is 29.0 Å². The van der Waals surface area contributed by atoms with Crippen molar-refractivity contribution in [1.29, 1.82) is 0 Å². The molecular weight excluding hydrogens is 456 g/mol. The van der Waals surface area contributed by atoms with Gasteiger partial charge in [0.1, 0.15) is 5.75 Å². The summed E-state index contributed by atoms with van der Waals surface area (Å²) >= 11 is 0. The summed E-state index contributed by atoms with van der Waals surface area (Å²) in [5, 5.41) is 2.76. The molecule has 0 aromatic heterocycles. The molecular formula is C25H24N2O6S. The van der Waals surface area contributed by atoms with Crippen LogP contribution in [0.1, 0.15) is 28.4 Å². The predicted octanol–water partition coefficient (Wildman–Crippen LogP) is 3.77. The largest absolute Gasteiger partial charge is 0.497 e. The second-order valence-electron chi connectivity index (χ2n) is 7.70. The molecule has 3 aromatic rings. The van der Waals surface area contributed by atoms with E-state index in [2.05, 4.69) is 5.32 Å². The monoisotopic (exact) mass is 480 g/mol. The number of nitrogens with one attached hydrogen (secondary N) is 1. The number of ether oxygens (including phenoxy) is 2. The van der Waals surface area contributed by atoms with E-state index in [1.807, 2.05) is 0 Å². The lowest BCUT2D eigenvalue weighted by atomic mass is 10.1. The van der Waals surface area contributed by atoms with Crippen molar-refractivity contribution in [3.05, 3.63) is 90.0 Å². The maximum absolute atomic E-state index is 13.0. The first-order valence-corrected chi connectivity index (χ1v) is 12.3. The van der Waals surface area contributed by atoms with Gasteiger partial charge in [0.25, 0.3) is 5.91 Å². The standard InChI is InChI=1S/C25H24N2O6S/c1-32-22-14-10-20(11-15-22)26-24(28)23(18-6-3-2-4-7-18)33-25(29)19-8-12-21(13-9-19)27-16-5-17-34(27,30)31/h2-4,6-15,23H,5,16-17H2,1H3,(H,26,28). The van der Waals surface area contributed by atoms with E-state index in [-0.39, 0.29) is 11.3 Å². The maximum Gasteiger partial charge on any atom is 0.339 e. The average molecular weight is 481 g/mol. The van der Waals surface area contributed by atoms with E-state index in [1.165, 1.54) is 16.4 Å². The molecule has 34 heavy (non-hydrogen) atoms. The smallest absolute Gasteiger partial charge is 0.339 e. The molecule has 0 radical (unpaired) electrons. The minimum absolute atomic E-state index is 0.110. The van der Waals surface area contributed by atoms with E-state index < -0.39 is 28.0 Å². The molecule has 1 aliphatic rings. The van der Waals surface area contributed by atoms with Gasteiger partial charge in [-0.2, -0.15) is 0 Å². The minimum Gasteiger partial charge on any atom is -0.497 e. The summed E-state index contributed by atoms with van der Waals surface area (Å²) in [6.45, 7) is 0.410. The number of methoxy groups -OCH3 is 1. The van der Waals surface area contributed by atoms with Gasteiger partial charge in [-0.05, 0) is 55.0 Å². The molecule has 176 valence electrons. The molecule has 4 rings (SSSR count). The zero-order valence-corrected chi connectivity index (χ0v) is 19.3. The number of rotatable bonds is 7. The van der Waals surface area contributed by atoms with Crippen LogP contribution in [0.2, 0.25) is 0 Å². The van der Waals surface area contributed by atoms with Crippen LogP contribution in [0.4, 0.5) is 11.4 Å². The first-order valence-electron chi connectivity index (χ1n) is 10.7. The van der Waals surface area contributed by atoms with E-state index in [9.17, 15) is 18.0 Å². The van der Waals surface area contributed by atoms with E-state index in [0.29, 0.717) is 35.7 Å². The van der Waals surface area contributed by atoms with E-state index in [1.54, 1.807) is 73.8 Å². The molecule has 0 saturated carbocycles. The molecule has 1 amide bonds. The summed E-state index contributed by atoms with van der Waals surface area (Å²) in [7, 11) is -1.77. The van der Waals surface area contributed by atoms with E-state index in [0.717, 1.165) is 0 Å². The van der Waals surface area contributed by atoms with Gasteiger partial charge >= 0.3 is 5.97 Å². The Bertz CT molecular complexity index is 1260. The van der Waals surface area contributed by atoms with Crippen molar-refractivity contribution in [2.45, 2.75) is 12.5 Å². The fourth-order valence-electron chi connectivity index (χ4n) is 3.65. The first-order chi connectivity index (χ1) is 16.4. The van der Waals surface area contributed by atoms with Gasteiger partial charge in [-0.1, -0.05) is 30.3 Å². The lowest BCUT2D eigenvalue weighted by Gasteiger charge is -2.19. The number of sulfonamides is 1. The van der Waals surface area contributed by atoms with Gasteiger partial charge in [-0.25, -0.2) is 13.2 Å². The van der Waals surface area contributed by atoms with Gasteiger partial charge < -0.3 is 14.8 Å². The summed E-state index contributed by atoms with van der Waals surface area (Å²) in [6.07, 6.45) is -0.622. The molecule has 1 unspecified atom stereocenters. The van der Waals surface area contributed by atoms with Crippen molar-refractivity contribution >= 4 is 33.3 Å². The van der Waals surface area contributed by atoms with Crippen molar-refractivity contribution < 1.29 is 27.5 Å². The molecule has 9 heteroatoms. The van der Waals surface area contributed by atoms with Crippen LogP contribution in [0.15, 0.2) is 78.9 Å². The molecule has 1 aliphatic heterocycles. The Balaban J connectivity index is 1.52. The lowest BCUT2D eigenvalue weighted by Crippen LogP contribution is -2.26. The average Bonchev–Trinajstić information content (AvgIpc) is 3.22. The molecule has 1 fully saturated rings. The van der Waals surface area contributed by atoms with Crippen LogP contribution in [-0.4, -0.2) is 39.7 Å². The third-order valence-corrected chi connectivity index (χ3v) is 7.28. The Morgan fingerprint density at radius 3 is 2.21 bits per heavy atom. The predicted molar refractivity (Wildman–Crippen MR) is 128 cm³/mol. The third-order valence-electron chi connectivity index (χ3n) is 5.41. The summed E-state index contributed by atoms with van der Waals surface area (Å²) in [6, 6.07) is 21.6. The van der Waals surface area contributed by atoms with Crippen molar-refractivity contribution in [1.82, 2.24) is 0 Å². The number of carbonyl (C=O) groups is 2. The second kappa shape index (κ2) is 9.96. The number of nitrogens with zero attached hydrogens (tertiary/aromatic N) is 1. The first kappa shape index (κ1) is 23.3. The lowest BCUT2D eigenvalue weighted by molar-refractivity contribution is -0.125. The molecule has 3 aromatic carbocycles. The molecule has 8 nitrogen and oxygen atoms in total. The van der Waals surface area contributed by atoms with Crippen molar-refractivity contribution in [3.63, 3.8) is 0 Å². The van der Waals surface area contributed by atoms with Gasteiger partial charge in [0.2, 0.25) is 16.1 Å². The van der Waals surface area contributed by atoms with Crippen LogP contribution in [0.3, 0.4) is 0 Å². The fourth-order valence-corrected chi connectivity index (χ4v) is 5.22. The highest BCUT2D eigenvalue weighted by Crippen LogP contribution is 2.26. The normalized spacial score (nSPS) is 15.4. The Labute approximate surface area is 198 Å². The van der Waals surface area contributed by atoms with Crippen LogP contribution in [0.25, 0.3) is 0 Å². The third kappa shape index (κ3) is 5.20. The van der Waals surface area contributed by atoms with Crippen molar-refractivity contribution in [3.8, 4) is 5.75 Å². The maximum atomic E-state index is 13.0. The number of esters is 1. The number of amides is 1. The number of benzene rings is 3. The van der Waals surface area contributed by atoms with Crippen LogP contribution < -0.4 is 14.4 Å². The van der Waals surface area contributed by atoms with E-state index >= 15 is 0 Å². The van der Waals surface area contributed by atoms with Gasteiger partial charge in [0.15, 0.2) is 0 Å². The highest BCUT2D eigenvalue weighted by atomic mass is 32.2. The Hall–Kier alpha value is -3.85. The zero-order valence-electron chi connectivity index (χ0n) is 18.5. The summed E-state index contributed by atoms with van der Waals surface area (Å²) in [4.78, 5) is 25.9. The summed E-state index contributed by atoms with van der Waals surface area (Å²) < 4.78 is 36.3. The summed E-state index contributed by atoms with van der Waals surface area (Å²) in [5.74, 6) is -0.452. The molecule has 0 bridgehead atoms. The quantitative estimate of drug-likeness (QED) is 0.517. The van der Waals surface area contributed by atoms with Crippen LogP contribution in [0, 0.1) is 0 Å². The summed E-state index contributed by atoms with van der Waals surface area (Å²) in [5.41, 5.74) is 1.74. The Morgan fingerprint density at radius 2 is 1.62 bits per heavy atom. The fraction of sp³-hybridized carbons (Fsp3) is 0.200. The highest BCUT2D eigenvalue weighted by molar-refractivity contribution is 7.93. The highest BCUT2D eigenvalue weighted by Gasteiger charge is 2.29. The molecule has 1 N–H and O–H groups in total. The number of hydrogen-bond acceptors (Lipinski definition) is 6. The van der Waals surface area contributed by atoms with Gasteiger partial charge in [-0.15, -0.1) is 0 Å². The van der Waals surface area contributed by atoms with Crippen LogP contribution in [0.5, 0.6) is 5.75 Å². The minimum atomic E-state index is -3.32. The van der Waals surface area contributed by atoms with Crippen LogP contribution >= 0.6 is 0 Å². The Kier molecular flexibility index (Phi) is 6.83. The topological polar surface area (TPSA) is 102 Å². The SMILES string of the molecule is COc1ccc(NC(=O)C(OC(=O)c2ccc(N3CCCS3(=O)=O)cc2)c2ccccc2)cc1. The van der Waals surface area contributed by atoms with E-state index in [4.69, 9.17) is 9.47 Å². The van der Waals surface area contributed by atoms with Crippen molar-refractivity contribution in [2.24, 2.45) is 0 Å².